The van der Waals surface area contributed by atoms with Crippen LogP contribution in [-0.4, -0.2) is 17.2 Å². The summed E-state index contributed by atoms with van der Waals surface area (Å²) in [6.07, 6.45) is 0. The van der Waals surface area contributed by atoms with Crippen molar-refractivity contribution in [2.24, 2.45) is 0 Å². The molecule has 82 valence electrons. The molecule has 0 heterocycles. The van der Waals surface area contributed by atoms with E-state index in [4.69, 9.17) is 0 Å². The summed E-state index contributed by atoms with van der Waals surface area (Å²) in [6, 6.07) is 5.86. The predicted molar refractivity (Wildman–Crippen MR) is 64.4 cm³/mol. The maximum absolute atomic E-state index is 9.19. The van der Waals surface area contributed by atoms with E-state index in [2.05, 4.69) is 33.8 Å². The average molecular weight is 206 g/mol. The summed E-state index contributed by atoms with van der Waals surface area (Å²) >= 11 is 0. The molecule has 0 aliphatic carbocycles. The lowest BCUT2D eigenvalue weighted by atomic mass is 9.76. The van der Waals surface area contributed by atoms with Crippen molar-refractivity contribution in [2.45, 2.75) is 39.5 Å². The van der Waals surface area contributed by atoms with E-state index in [1.54, 1.807) is 0 Å². The van der Waals surface area contributed by atoms with Crippen LogP contribution in [0.25, 0.3) is 0 Å². The predicted octanol–water partition coefficient (Wildman–Crippen LogP) is 1.61. The largest absolute Gasteiger partial charge is 0.488 e. The van der Waals surface area contributed by atoms with Gasteiger partial charge in [0.05, 0.1) is 0 Å². The first kappa shape index (κ1) is 12.3. The molecule has 0 bridgehead atoms. The number of hydrogen-bond donors (Lipinski definition) is 2. The first-order valence-electron chi connectivity index (χ1n) is 5.42. The second-order valence-electron chi connectivity index (χ2n) is 4.62. The molecule has 0 amide bonds. The molecule has 0 unspecified atom stereocenters. The lowest BCUT2D eigenvalue weighted by molar-refractivity contribution is 0.425. The van der Waals surface area contributed by atoms with Crippen LogP contribution in [0.4, 0.5) is 0 Å². The maximum Gasteiger partial charge on any atom is 0.488 e. The average Bonchev–Trinajstić information content (AvgIpc) is 2.16. The van der Waals surface area contributed by atoms with Crippen LogP contribution in [0.15, 0.2) is 18.2 Å². The highest BCUT2D eigenvalue weighted by Gasteiger charge is 2.15. The van der Waals surface area contributed by atoms with Gasteiger partial charge in [-0.25, -0.2) is 0 Å². The van der Waals surface area contributed by atoms with Gasteiger partial charge < -0.3 is 10.0 Å². The van der Waals surface area contributed by atoms with Crippen molar-refractivity contribution in [2.75, 3.05) is 0 Å². The highest BCUT2D eigenvalue weighted by molar-refractivity contribution is 6.58. The molecule has 0 aliphatic rings. The van der Waals surface area contributed by atoms with Crippen molar-refractivity contribution < 1.29 is 10.0 Å². The Labute approximate surface area is 92.1 Å². The van der Waals surface area contributed by atoms with Crippen molar-refractivity contribution in [1.82, 2.24) is 0 Å². The van der Waals surface area contributed by atoms with Crippen molar-refractivity contribution >= 4 is 12.6 Å². The van der Waals surface area contributed by atoms with E-state index in [1.165, 1.54) is 0 Å². The molecule has 2 nitrogen and oxygen atoms in total. The molecule has 0 fully saturated rings. The fourth-order valence-corrected chi connectivity index (χ4v) is 1.52. The van der Waals surface area contributed by atoms with Crippen molar-refractivity contribution in [1.29, 1.82) is 0 Å². The summed E-state index contributed by atoms with van der Waals surface area (Å²) in [5.74, 6) is 0.808. The molecule has 0 radical (unpaired) electrons. The van der Waals surface area contributed by atoms with E-state index < -0.39 is 7.12 Å². The van der Waals surface area contributed by atoms with Crippen LogP contribution in [0.5, 0.6) is 0 Å². The topological polar surface area (TPSA) is 40.5 Å². The Bertz CT molecular complexity index is 268. The number of rotatable bonds is 3. The van der Waals surface area contributed by atoms with Gasteiger partial charge >= 0.3 is 7.12 Å². The molecule has 0 atom stereocenters. The van der Waals surface area contributed by atoms with Crippen LogP contribution in [0.3, 0.4) is 0 Å². The third-order valence-electron chi connectivity index (χ3n) is 2.63. The van der Waals surface area contributed by atoms with E-state index in [1.807, 2.05) is 12.1 Å². The quantitative estimate of drug-likeness (QED) is 0.737. The van der Waals surface area contributed by atoms with Gasteiger partial charge in [0.1, 0.15) is 0 Å². The zero-order valence-electron chi connectivity index (χ0n) is 9.86. The van der Waals surface area contributed by atoms with Crippen LogP contribution in [0.1, 0.15) is 50.7 Å². The highest BCUT2D eigenvalue weighted by atomic mass is 16.4. The van der Waals surface area contributed by atoms with Crippen LogP contribution in [0.2, 0.25) is 0 Å². The first-order chi connectivity index (χ1) is 6.91. The van der Waals surface area contributed by atoms with Gasteiger partial charge in [-0.2, -0.15) is 0 Å². The van der Waals surface area contributed by atoms with Gasteiger partial charge in [0.25, 0.3) is 0 Å². The SMILES string of the molecule is CC(C)c1cc(B(O)O)cc(C(C)C)c1. The van der Waals surface area contributed by atoms with Gasteiger partial charge in [0, 0.05) is 0 Å². The third-order valence-corrected chi connectivity index (χ3v) is 2.63. The Kier molecular flexibility index (Phi) is 3.94. The first-order valence-corrected chi connectivity index (χ1v) is 5.42. The van der Waals surface area contributed by atoms with Gasteiger partial charge in [0.15, 0.2) is 0 Å². The lowest BCUT2D eigenvalue weighted by Crippen LogP contribution is -2.30. The molecule has 0 saturated carbocycles. The molecule has 3 heteroatoms. The van der Waals surface area contributed by atoms with E-state index in [9.17, 15) is 10.0 Å². The van der Waals surface area contributed by atoms with E-state index in [0.29, 0.717) is 17.3 Å². The van der Waals surface area contributed by atoms with Gasteiger partial charge in [-0.05, 0) is 28.4 Å². The van der Waals surface area contributed by atoms with E-state index in [-0.39, 0.29) is 0 Å². The monoisotopic (exact) mass is 206 g/mol. The lowest BCUT2D eigenvalue weighted by Gasteiger charge is -2.13. The fourth-order valence-electron chi connectivity index (χ4n) is 1.52. The normalized spacial score (nSPS) is 11.2. The van der Waals surface area contributed by atoms with Gasteiger partial charge in [-0.1, -0.05) is 45.9 Å². The molecular formula is C12H19BO2. The molecule has 2 N–H and O–H groups in total. The second kappa shape index (κ2) is 4.82. The summed E-state index contributed by atoms with van der Waals surface area (Å²) in [5, 5.41) is 18.4. The summed E-state index contributed by atoms with van der Waals surface area (Å²) in [4.78, 5) is 0. The molecule has 0 spiro atoms. The molecule has 1 aromatic rings. The Hall–Kier alpha value is -0.795. The molecule has 1 aromatic carbocycles. The summed E-state index contributed by atoms with van der Waals surface area (Å²) in [6.45, 7) is 8.42. The minimum atomic E-state index is -1.37. The molecular weight excluding hydrogens is 187 g/mol. The highest BCUT2D eigenvalue weighted by Crippen LogP contribution is 2.19. The van der Waals surface area contributed by atoms with Crippen molar-refractivity contribution in [3.63, 3.8) is 0 Å². The maximum atomic E-state index is 9.19. The van der Waals surface area contributed by atoms with Gasteiger partial charge in [-0.3, -0.25) is 0 Å². The minimum Gasteiger partial charge on any atom is -0.423 e. The minimum absolute atomic E-state index is 0.404. The smallest absolute Gasteiger partial charge is 0.423 e. The third kappa shape index (κ3) is 3.08. The Morgan fingerprint density at radius 2 is 1.27 bits per heavy atom. The standard InChI is InChI=1S/C12H19BO2/c1-8(2)10-5-11(9(3)4)7-12(6-10)13(14)15/h5-9,14-15H,1-4H3. The van der Waals surface area contributed by atoms with Crippen LogP contribution in [-0.2, 0) is 0 Å². The van der Waals surface area contributed by atoms with Gasteiger partial charge in [-0.15, -0.1) is 0 Å². The summed E-state index contributed by atoms with van der Waals surface area (Å²) < 4.78 is 0. The van der Waals surface area contributed by atoms with Crippen LogP contribution in [0, 0.1) is 0 Å². The van der Waals surface area contributed by atoms with E-state index >= 15 is 0 Å². The zero-order valence-corrected chi connectivity index (χ0v) is 9.86. The molecule has 0 saturated heterocycles. The zero-order chi connectivity index (χ0) is 11.6. The Morgan fingerprint density at radius 1 is 0.867 bits per heavy atom. The van der Waals surface area contributed by atoms with E-state index in [0.717, 1.165) is 11.1 Å². The second-order valence-corrected chi connectivity index (χ2v) is 4.62. The molecule has 0 aliphatic heterocycles. The Balaban J connectivity index is 3.20. The summed E-state index contributed by atoms with van der Waals surface area (Å²) in [5.41, 5.74) is 2.90. The van der Waals surface area contributed by atoms with Crippen molar-refractivity contribution in [3.05, 3.63) is 29.3 Å². The van der Waals surface area contributed by atoms with Crippen molar-refractivity contribution in [3.8, 4) is 0 Å². The van der Waals surface area contributed by atoms with Crippen LogP contribution < -0.4 is 5.46 Å². The molecule has 15 heavy (non-hydrogen) atoms. The molecule has 0 aromatic heterocycles. The number of benzene rings is 1. The fraction of sp³-hybridized carbons (Fsp3) is 0.500. The van der Waals surface area contributed by atoms with Crippen LogP contribution >= 0.6 is 0 Å². The molecule has 1 rings (SSSR count). The summed E-state index contributed by atoms with van der Waals surface area (Å²) in [7, 11) is -1.37. The van der Waals surface area contributed by atoms with Gasteiger partial charge in [0.2, 0.25) is 0 Å². The Morgan fingerprint density at radius 3 is 1.53 bits per heavy atom. The number of hydrogen-bond acceptors (Lipinski definition) is 2.